The molecule has 1 aliphatic carbocycles. The van der Waals surface area contributed by atoms with E-state index in [0.717, 1.165) is 11.1 Å². The lowest BCUT2D eigenvalue weighted by atomic mass is 9.72. The van der Waals surface area contributed by atoms with Crippen LogP contribution in [0.5, 0.6) is 0 Å². The minimum Gasteiger partial charge on any atom is -0.389 e. The van der Waals surface area contributed by atoms with Crippen LogP contribution in [0.1, 0.15) is 40.5 Å². The standard InChI is InChI=1S/C13H20O2/c1-5-10(14)7-12-9(2)6-11(15)8-13(12,3)4/h6-7,10,14H,5,8H2,1-4H3. The number of carbonyl (C=O) groups is 1. The molecule has 84 valence electrons. The van der Waals surface area contributed by atoms with Crippen molar-refractivity contribution in [2.75, 3.05) is 0 Å². The number of allylic oxidation sites excluding steroid dienone is 3. The zero-order valence-corrected chi connectivity index (χ0v) is 10.0. The van der Waals surface area contributed by atoms with E-state index in [2.05, 4.69) is 13.8 Å². The Morgan fingerprint density at radius 3 is 2.67 bits per heavy atom. The normalized spacial score (nSPS) is 25.3. The molecule has 0 aromatic heterocycles. The summed E-state index contributed by atoms with van der Waals surface area (Å²) in [6.45, 7) is 7.99. The Morgan fingerprint density at radius 1 is 1.60 bits per heavy atom. The molecule has 0 fully saturated rings. The highest BCUT2D eigenvalue weighted by molar-refractivity contribution is 5.93. The first kappa shape index (κ1) is 12.2. The molecule has 1 N–H and O–H groups in total. The molecule has 0 aliphatic heterocycles. The molecule has 2 heteroatoms. The number of ketones is 1. The predicted octanol–water partition coefficient (Wildman–Crippen LogP) is 2.63. The summed E-state index contributed by atoms with van der Waals surface area (Å²) in [7, 11) is 0. The Morgan fingerprint density at radius 2 is 2.20 bits per heavy atom. The van der Waals surface area contributed by atoms with Crippen LogP contribution in [-0.4, -0.2) is 17.0 Å². The van der Waals surface area contributed by atoms with E-state index in [-0.39, 0.29) is 11.2 Å². The third kappa shape index (κ3) is 2.78. The molecule has 0 radical (unpaired) electrons. The monoisotopic (exact) mass is 208 g/mol. The molecule has 0 heterocycles. The van der Waals surface area contributed by atoms with Gasteiger partial charge in [-0.1, -0.05) is 26.8 Å². The Labute approximate surface area is 91.7 Å². The molecule has 2 nitrogen and oxygen atoms in total. The van der Waals surface area contributed by atoms with Crippen molar-refractivity contribution in [3.63, 3.8) is 0 Å². The smallest absolute Gasteiger partial charge is 0.156 e. The van der Waals surface area contributed by atoms with Crippen LogP contribution in [0.25, 0.3) is 0 Å². The van der Waals surface area contributed by atoms with E-state index in [1.54, 1.807) is 6.08 Å². The third-order valence-electron chi connectivity index (χ3n) is 2.92. The Hall–Kier alpha value is -0.890. The van der Waals surface area contributed by atoms with Crippen molar-refractivity contribution in [1.82, 2.24) is 0 Å². The molecule has 15 heavy (non-hydrogen) atoms. The van der Waals surface area contributed by atoms with E-state index < -0.39 is 6.10 Å². The van der Waals surface area contributed by atoms with Crippen LogP contribution in [0.4, 0.5) is 0 Å². The van der Waals surface area contributed by atoms with Gasteiger partial charge in [0.1, 0.15) is 0 Å². The van der Waals surface area contributed by atoms with Gasteiger partial charge in [-0.2, -0.15) is 0 Å². The molecule has 0 saturated heterocycles. The maximum Gasteiger partial charge on any atom is 0.156 e. The summed E-state index contributed by atoms with van der Waals surface area (Å²) >= 11 is 0. The van der Waals surface area contributed by atoms with E-state index in [1.807, 2.05) is 19.9 Å². The molecule has 0 aromatic carbocycles. The molecule has 0 aromatic rings. The highest BCUT2D eigenvalue weighted by Gasteiger charge is 2.31. The van der Waals surface area contributed by atoms with Gasteiger partial charge in [-0.25, -0.2) is 0 Å². The maximum atomic E-state index is 11.4. The summed E-state index contributed by atoms with van der Waals surface area (Å²) in [6.07, 6.45) is 4.40. The Bertz CT molecular complexity index is 321. The van der Waals surface area contributed by atoms with Crippen molar-refractivity contribution in [2.45, 2.75) is 46.6 Å². The maximum absolute atomic E-state index is 11.4. The number of hydrogen-bond donors (Lipinski definition) is 1. The van der Waals surface area contributed by atoms with Crippen LogP contribution in [0.2, 0.25) is 0 Å². The minimum absolute atomic E-state index is 0.147. The van der Waals surface area contributed by atoms with E-state index >= 15 is 0 Å². The molecule has 0 spiro atoms. The van der Waals surface area contributed by atoms with Crippen molar-refractivity contribution in [3.05, 3.63) is 23.3 Å². The average Bonchev–Trinajstić information content (AvgIpc) is 2.09. The topological polar surface area (TPSA) is 37.3 Å². The second-order valence-corrected chi connectivity index (χ2v) is 4.91. The molecular formula is C13H20O2. The summed E-state index contributed by atoms with van der Waals surface area (Å²) < 4.78 is 0. The molecule has 1 rings (SSSR count). The van der Waals surface area contributed by atoms with Crippen molar-refractivity contribution in [3.8, 4) is 0 Å². The van der Waals surface area contributed by atoms with Gasteiger partial charge in [0.15, 0.2) is 5.78 Å². The van der Waals surface area contributed by atoms with Gasteiger partial charge >= 0.3 is 0 Å². The first-order valence-electron chi connectivity index (χ1n) is 5.48. The zero-order valence-electron chi connectivity index (χ0n) is 10.0. The fourth-order valence-electron chi connectivity index (χ4n) is 2.10. The highest BCUT2D eigenvalue weighted by Crippen LogP contribution is 2.39. The first-order valence-corrected chi connectivity index (χ1v) is 5.48. The summed E-state index contributed by atoms with van der Waals surface area (Å²) in [5, 5.41) is 9.64. The SMILES string of the molecule is CCC(O)C=C1C(C)=CC(=O)CC1(C)C. The van der Waals surface area contributed by atoms with Crippen molar-refractivity contribution < 1.29 is 9.90 Å². The summed E-state index contributed by atoms with van der Waals surface area (Å²) in [4.78, 5) is 11.4. The summed E-state index contributed by atoms with van der Waals surface area (Å²) in [6, 6.07) is 0. The number of hydrogen-bond acceptors (Lipinski definition) is 2. The zero-order chi connectivity index (χ0) is 11.6. The largest absolute Gasteiger partial charge is 0.389 e. The van der Waals surface area contributed by atoms with Gasteiger partial charge in [0, 0.05) is 6.42 Å². The quantitative estimate of drug-likeness (QED) is 0.757. The van der Waals surface area contributed by atoms with Gasteiger partial charge in [0.25, 0.3) is 0 Å². The predicted molar refractivity (Wildman–Crippen MR) is 61.5 cm³/mol. The molecule has 1 aliphatic rings. The van der Waals surface area contributed by atoms with E-state index in [4.69, 9.17) is 0 Å². The molecule has 0 amide bonds. The number of rotatable bonds is 2. The number of aliphatic hydroxyl groups excluding tert-OH is 1. The van der Waals surface area contributed by atoms with Crippen molar-refractivity contribution in [1.29, 1.82) is 0 Å². The van der Waals surface area contributed by atoms with Gasteiger partial charge < -0.3 is 5.11 Å². The lowest BCUT2D eigenvalue weighted by Gasteiger charge is -2.32. The number of aliphatic hydroxyl groups is 1. The second kappa shape index (κ2) is 4.31. The van der Waals surface area contributed by atoms with E-state index in [0.29, 0.717) is 12.8 Å². The summed E-state index contributed by atoms with van der Waals surface area (Å²) in [5.74, 6) is 0.181. The fraction of sp³-hybridized carbons (Fsp3) is 0.615. The van der Waals surface area contributed by atoms with Crippen LogP contribution in [-0.2, 0) is 4.79 Å². The highest BCUT2D eigenvalue weighted by atomic mass is 16.3. The summed E-state index contributed by atoms with van der Waals surface area (Å²) in [5.41, 5.74) is 1.95. The molecule has 1 unspecified atom stereocenters. The first-order chi connectivity index (χ1) is 6.86. The van der Waals surface area contributed by atoms with Gasteiger partial charge in [0.2, 0.25) is 0 Å². The minimum atomic E-state index is -0.407. The van der Waals surface area contributed by atoms with Gasteiger partial charge in [-0.3, -0.25) is 4.79 Å². The lowest BCUT2D eigenvalue weighted by Crippen LogP contribution is -2.25. The van der Waals surface area contributed by atoms with E-state index in [1.165, 1.54) is 0 Å². The van der Waals surface area contributed by atoms with Gasteiger partial charge in [-0.15, -0.1) is 0 Å². The Kier molecular flexibility index (Phi) is 3.50. The van der Waals surface area contributed by atoms with Crippen LogP contribution in [0, 0.1) is 5.41 Å². The lowest BCUT2D eigenvalue weighted by molar-refractivity contribution is -0.116. The average molecular weight is 208 g/mol. The van der Waals surface area contributed by atoms with E-state index in [9.17, 15) is 9.90 Å². The Balaban J connectivity index is 3.09. The fourth-order valence-corrected chi connectivity index (χ4v) is 2.10. The van der Waals surface area contributed by atoms with Gasteiger partial charge in [-0.05, 0) is 36.0 Å². The van der Waals surface area contributed by atoms with Crippen molar-refractivity contribution in [2.24, 2.45) is 5.41 Å². The number of carbonyl (C=O) groups excluding carboxylic acids is 1. The van der Waals surface area contributed by atoms with Crippen LogP contribution in [0.3, 0.4) is 0 Å². The molecule has 1 atom stereocenters. The van der Waals surface area contributed by atoms with Crippen molar-refractivity contribution >= 4 is 5.78 Å². The molecular weight excluding hydrogens is 188 g/mol. The van der Waals surface area contributed by atoms with Gasteiger partial charge in [0.05, 0.1) is 6.10 Å². The van der Waals surface area contributed by atoms with Crippen LogP contribution in [0.15, 0.2) is 23.3 Å². The third-order valence-corrected chi connectivity index (χ3v) is 2.92. The second-order valence-electron chi connectivity index (χ2n) is 4.91. The molecule has 0 bridgehead atoms. The molecule has 0 saturated carbocycles. The van der Waals surface area contributed by atoms with Crippen LogP contribution < -0.4 is 0 Å². The van der Waals surface area contributed by atoms with Crippen LogP contribution >= 0.6 is 0 Å².